The first kappa shape index (κ1) is 24.4. The zero-order valence-electron chi connectivity index (χ0n) is 21.5. The number of ether oxygens (including phenoxy) is 3. The van der Waals surface area contributed by atoms with E-state index in [0.717, 1.165) is 17.7 Å². The highest BCUT2D eigenvalue weighted by Gasteiger charge is 2.58. The lowest BCUT2D eigenvalue weighted by Crippen LogP contribution is -2.41. The van der Waals surface area contributed by atoms with Crippen LogP contribution >= 0.6 is 0 Å². The van der Waals surface area contributed by atoms with E-state index >= 15 is 0 Å². The number of hydrogen-bond donors (Lipinski definition) is 2. The van der Waals surface area contributed by atoms with Crippen LogP contribution < -0.4 is 10.6 Å². The first-order chi connectivity index (χ1) is 18.4. The molecule has 2 fully saturated rings. The number of pyridine rings is 1. The van der Waals surface area contributed by atoms with Crippen LogP contribution in [0, 0.1) is 0 Å². The molecule has 4 aromatic rings. The molecule has 38 heavy (non-hydrogen) atoms. The van der Waals surface area contributed by atoms with Crippen molar-refractivity contribution in [2.75, 3.05) is 18.9 Å². The Hall–Kier alpha value is -3.94. The van der Waals surface area contributed by atoms with E-state index in [1.54, 1.807) is 35.0 Å². The molecule has 0 unspecified atom stereocenters. The highest BCUT2D eigenvalue weighted by molar-refractivity contribution is 5.84. The average Bonchev–Trinajstić information content (AvgIpc) is 3.69. The summed E-state index contributed by atoms with van der Waals surface area (Å²) in [5.74, 6) is -0.235. The van der Waals surface area contributed by atoms with Gasteiger partial charge in [0.05, 0.1) is 18.2 Å². The Balaban J connectivity index is 1.43. The Morgan fingerprint density at radius 2 is 2.00 bits per heavy atom. The summed E-state index contributed by atoms with van der Waals surface area (Å²) in [5, 5.41) is 10.5. The minimum absolute atomic E-state index is 0.285. The molecule has 0 bridgehead atoms. The summed E-state index contributed by atoms with van der Waals surface area (Å²) < 4.78 is 21.8. The monoisotopic (exact) mass is 519 g/mol. The van der Waals surface area contributed by atoms with E-state index in [1.807, 2.05) is 38.2 Å². The van der Waals surface area contributed by atoms with Gasteiger partial charge in [-0.15, -0.1) is 0 Å². The number of likely N-dealkylation sites (N-methyl/N-ethyl adjacent to an activating group) is 1. The predicted octanol–water partition coefficient (Wildman–Crippen LogP) is 2.06. The van der Waals surface area contributed by atoms with Crippen molar-refractivity contribution in [1.82, 2.24) is 39.6 Å². The Morgan fingerprint density at radius 3 is 2.76 bits per heavy atom. The van der Waals surface area contributed by atoms with Crippen molar-refractivity contribution in [3.63, 3.8) is 0 Å². The van der Waals surface area contributed by atoms with Crippen molar-refractivity contribution >= 4 is 22.9 Å². The van der Waals surface area contributed by atoms with Crippen LogP contribution in [0.15, 0.2) is 43.1 Å². The summed E-state index contributed by atoms with van der Waals surface area (Å²) in [5.41, 5.74) is 2.71. The summed E-state index contributed by atoms with van der Waals surface area (Å²) >= 11 is 0. The van der Waals surface area contributed by atoms with Crippen LogP contribution in [0.25, 0.3) is 28.4 Å². The zero-order valence-corrected chi connectivity index (χ0v) is 21.5. The van der Waals surface area contributed by atoms with E-state index in [1.165, 1.54) is 0 Å². The molecule has 0 aromatic carbocycles. The van der Waals surface area contributed by atoms with Crippen LogP contribution in [-0.4, -0.2) is 77.9 Å². The van der Waals surface area contributed by atoms with Gasteiger partial charge < -0.3 is 24.8 Å². The maximum absolute atomic E-state index is 12.6. The molecule has 2 N–H and O–H groups in total. The molecular formula is C25H29N9O4. The van der Waals surface area contributed by atoms with E-state index in [4.69, 9.17) is 24.2 Å². The van der Waals surface area contributed by atoms with Gasteiger partial charge in [-0.1, -0.05) is 13.0 Å². The number of amides is 1. The molecule has 0 saturated carbocycles. The van der Waals surface area contributed by atoms with Crippen LogP contribution in [0.5, 0.6) is 0 Å². The number of rotatable bonds is 7. The molecule has 1 amide bonds. The highest BCUT2D eigenvalue weighted by Crippen LogP contribution is 2.44. The second kappa shape index (κ2) is 9.42. The lowest BCUT2D eigenvalue weighted by molar-refractivity contribution is -0.197. The maximum atomic E-state index is 12.6. The summed E-state index contributed by atoms with van der Waals surface area (Å²) in [6, 6.07) is 5.70. The molecule has 6 rings (SSSR count). The molecule has 0 radical (unpaired) electrons. The van der Waals surface area contributed by atoms with Crippen molar-refractivity contribution in [3.8, 4) is 17.2 Å². The Kier molecular flexibility index (Phi) is 6.05. The topological polar surface area (TPSA) is 143 Å². The van der Waals surface area contributed by atoms with Crippen LogP contribution in [0.2, 0.25) is 0 Å². The van der Waals surface area contributed by atoms with Gasteiger partial charge in [0.25, 0.3) is 11.9 Å². The number of carbonyl (C=O) groups excluding carboxylic acids is 1. The first-order valence-electron chi connectivity index (χ1n) is 12.6. The third kappa shape index (κ3) is 4.18. The van der Waals surface area contributed by atoms with Gasteiger partial charge in [0.15, 0.2) is 35.1 Å². The minimum atomic E-state index is -0.870. The number of fused-ring (bicyclic) bond motifs is 2. The second-order valence-electron chi connectivity index (χ2n) is 9.64. The molecule has 2 saturated heterocycles. The van der Waals surface area contributed by atoms with Crippen molar-refractivity contribution < 1.29 is 19.0 Å². The van der Waals surface area contributed by atoms with Crippen LogP contribution in [0.1, 0.15) is 33.4 Å². The number of aromatic nitrogens is 7. The number of nitrogens with zero attached hydrogens (tertiary/aromatic N) is 7. The number of nitrogens with one attached hydrogen (secondary N) is 2. The van der Waals surface area contributed by atoms with Crippen molar-refractivity contribution in [3.05, 3.63) is 43.1 Å². The fraction of sp³-hybridized carbons (Fsp3) is 0.440. The molecule has 4 atom stereocenters. The van der Waals surface area contributed by atoms with Gasteiger partial charge in [-0.2, -0.15) is 15.1 Å². The van der Waals surface area contributed by atoms with Crippen molar-refractivity contribution in [1.29, 1.82) is 0 Å². The summed E-state index contributed by atoms with van der Waals surface area (Å²) in [7, 11) is 1.57. The molecule has 13 heteroatoms. The molecule has 4 aromatic heterocycles. The van der Waals surface area contributed by atoms with Crippen LogP contribution in [0.4, 0.5) is 5.82 Å². The molecule has 2 aliphatic rings. The smallest absolute Gasteiger partial charge is 0.254 e. The molecule has 6 heterocycles. The minimum Gasteiger partial charge on any atom is -0.368 e. The highest BCUT2D eigenvalue weighted by atomic mass is 16.8. The van der Waals surface area contributed by atoms with Crippen LogP contribution in [0.3, 0.4) is 0 Å². The maximum Gasteiger partial charge on any atom is 0.254 e. The number of carbonyl (C=O) groups is 1. The van der Waals surface area contributed by atoms with E-state index in [9.17, 15) is 4.79 Å². The van der Waals surface area contributed by atoms with Crippen LogP contribution in [-0.2, 0) is 19.0 Å². The SMILES string of the molecule is CCCNc1nc(-n2cc(-c3ccccn3)cn2)nc2c1ncn2[C@@H]1O[C@H](C(=O)NC)[C@H]2OC(C)(C)O[C@H]21. The van der Waals surface area contributed by atoms with E-state index in [-0.39, 0.29) is 5.91 Å². The average molecular weight is 520 g/mol. The summed E-state index contributed by atoms with van der Waals surface area (Å²) in [6.45, 7) is 6.41. The Bertz CT molecular complexity index is 1470. The zero-order chi connectivity index (χ0) is 26.4. The van der Waals surface area contributed by atoms with Crippen molar-refractivity contribution in [2.45, 2.75) is 57.5 Å². The van der Waals surface area contributed by atoms with E-state index < -0.39 is 30.3 Å². The van der Waals surface area contributed by atoms with Gasteiger partial charge in [0, 0.05) is 31.5 Å². The number of imidazole rings is 1. The normalized spacial score (nSPS) is 24.0. The Morgan fingerprint density at radius 1 is 1.16 bits per heavy atom. The van der Waals surface area contributed by atoms with E-state index in [0.29, 0.717) is 29.5 Å². The third-order valence-electron chi connectivity index (χ3n) is 6.51. The standard InChI is InChI=1S/C25H29N9O4/c1-5-9-28-20-16-21(32-24(31-20)34-12-14(11-30-34)15-8-6-7-10-27-15)33(13-29-16)23-19-17(37-25(2,3)38-19)18(36-23)22(35)26-4/h6-8,10-13,17-19,23H,5,9H2,1-4H3,(H,26,35)(H,28,31,32)/t17-,18+,19-,23-/m1/s1. The van der Waals surface area contributed by atoms with Gasteiger partial charge in [-0.25, -0.2) is 9.67 Å². The number of anilines is 1. The molecule has 2 aliphatic heterocycles. The lowest BCUT2D eigenvalue weighted by atomic mass is 10.1. The number of hydrogen-bond acceptors (Lipinski definition) is 10. The molecule has 13 nitrogen and oxygen atoms in total. The second-order valence-corrected chi connectivity index (χ2v) is 9.64. The molecule has 0 spiro atoms. The van der Waals surface area contributed by atoms with E-state index in [2.05, 4.69) is 32.6 Å². The molecule has 0 aliphatic carbocycles. The van der Waals surface area contributed by atoms with Crippen molar-refractivity contribution in [2.24, 2.45) is 0 Å². The van der Waals surface area contributed by atoms with Gasteiger partial charge in [0.1, 0.15) is 12.2 Å². The third-order valence-corrected chi connectivity index (χ3v) is 6.51. The molecule has 198 valence electrons. The Labute approximate surface area is 218 Å². The van der Waals surface area contributed by atoms with Gasteiger partial charge >= 0.3 is 0 Å². The first-order valence-corrected chi connectivity index (χ1v) is 12.6. The van der Waals surface area contributed by atoms with Gasteiger partial charge in [0.2, 0.25) is 0 Å². The van der Waals surface area contributed by atoms with Gasteiger partial charge in [-0.05, 0) is 32.4 Å². The quantitative estimate of drug-likeness (QED) is 0.372. The summed E-state index contributed by atoms with van der Waals surface area (Å²) in [4.78, 5) is 31.2. The largest absolute Gasteiger partial charge is 0.368 e. The lowest BCUT2D eigenvalue weighted by Gasteiger charge is -2.24. The van der Waals surface area contributed by atoms with Gasteiger partial charge in [-0.3, -0.25) is 14.3 Å². The molecular weight excluding hydrogens is 490 g/mol. The fourth-order valence-corrected chi connectivity index (χ4v) is 4.81. The fourth-order valence-electron chi connectivity index (χ4n) is 4.81. The summed E-state index contributed by atoms with van der Waals surface area (Å²) in [6.07, 6.45) is 5.14. The predicted molar refractivity (Wildman–Crippen MR) is 136 cm³/mol.